The molecule has 0 saturated heterocycles. The molecule has 348 valence electrons. The van der Waals surface area contributed by atoms with Crippen LogP contribution < -0.4 is 15.5 Å². The molecule has 6 rings (SSSR count). The van der Waals surface area contributed by atoms with Crippen molar-refractivity contribution < 1.29 is 68.7 Å². The molecule has 0 aliphatic carbocycles. The van der Waals surface area contributed by atoms with Crippen LogP contribution in [-0.4, -0.2) is 96.6 Å². The molecule has 7 N–H and O–H groups in total. The molecule has 0 saturated carbocycles. The molecule has 0 spiro atoms. The number of allylic oxidation sites excluding steroid dienone is 2. The number of aliphatic hydroxyl groups excluding tert-OH is 2. The second kappa shape index (κ2) is 19.3. The Kier molecular flexibility index (Phi) is 14.6. The van der Waals surface area contributed by atoms with E-state index >= 15 is 0 Å². The number of aliphatic hydroxyl groups is 2. The Labute approximate surface area is 371 Å². The van der Waals surface area contributed by atoms with E-state index in [0.29, 0.717) is 6.07 Å². The van der Waals surface area contributed by atoms with E-state index in [2.05, 4.69) is 15.8 Å². The number of methoxy groups -OCH3 is 1. The van der Waals surface area contributed by atoms with Crippen molar-refractivity contribution in [3.8, 4) is 23.0 Å². The molecule has 9 atom stereocenters. The van der Waals surface area contributed by atoms with E-state index in [-0.39, 0.29) is 28.1 Å². The van der Waals surface area contributed by atoms with Crippen LogP contribution in [0.2, 0.25) is 0 Å². The zero-order chi connectivity index (χ0) is 48.4. The SMILES string of the molecule is CO[C@@H]1C=CO[C@@]2(C)Oc3c(C)c(O)c4c(O)c(c(C=NNc5ccc([N+](=O)[O-])cc5[N+](=O)[O-])c(O)c4c3C2=O)NC(=O)C(C)=CC=C[C@H](C)[C@H](O)[C@H](C)[C@H](O)[C@H](C)[C@@H](OC(C)=O)[C@@H]1C. The zero-order valence-corrected chi connectivity index (χ0v) is 36.9. The Morgan fingerprint density at radius 1 is 0.954 bits per heavy atom. The Bertz CT molecular complexity index is 2550. The van der Waals surface area contributed by atoms with E-state index in [9.17, 15) is 60.1 Å². The highest BCUT2D eigenvalue weighted by Crippen LogP contribution is 2.55. The van der Waals surface area contributed by atoms with Crippen LogP contribution in [0.4, 0.5) is 22.7 Å². The van der Waals surface area contributed by atoms with Gasteiger partial charge in [0, 0.05) is 67.2 Å². The molecule has 0 aromatic heterocycles. The zero-order valence-electron chi connectivity index (χ0n) is 36.9. The van der Waals surface area contributed by atoms with Crippen molar-refractivity contribution in [1.82, 2.24) is 0 Å². The number of Topliss-reactive ketones (excluding diaryl/α,β-unsaturated/α-hetero) is 1. The Morgan fingerprint density at radius 2 is 1.63 bits per heavy atom. The van der Waals surface area contributed by atoms with Gasteiger partial charge in [-0.3, -0.25) is 40.0 Å². The first-order valence-corrected chi connectivity index (χ1v) is 20.3. The van der Waals surface area contributed by atoms with Crippen LogP contribution >= 0.6 is 0 Å². The van der Waals surface area contributed by atoms with Gasteiger partial charge in [-0.05, 0) is 26.0 Å². The van der Waals surface area contributed by atoms with Crippen LogP contribution in [0.5, 0.6) is 23.0 Å². The minimum atomic E-state index is -2.18. The van der Waals surface area contributed by atoms with Gasteiger partial charge in [-0.25, -0.2) is 0 Å². The fraction of sp³-hybridized carbons (Fsp3) is 0.409. The van der Waals surface area contributed by atoms with E-state index in [1.807, 2.05) is 0 Å². The topological polar surface area (TPSA) is 312 Å². The number of ether oxygens (including phenoxy) is 4. The molecule has 3 aliphatic rings. The summed E-state index contributed by atoms with van der Waals surface area (Å²) < 4.78 is 23.4. The van der Waals surface area contributed by atoms with Crippen LogP contribution in [0, 0.1) is 50.8 Å². The number of hydrogen-bond acceptors (Lipinski definition) is 18. The Balaban J connectivity index is 1.73. The van der Waals surface area contributed by atoms with Gasteiger partial charge in [-0.15, -0.1) is 0 Å². The molecule has 5 bridgehead atoms. The number of esters is 1. The number of benzene rings is 3. The highest BCUT2D eigenvalue weighted by molar-refractivity contribution is 6.24. The Hall–Kier alpha value is -7.10. The van der Waals surface area contributed by atoms with Gasteiger partial charge in [0.25, 0.3) is 17.4 Å². The van der Waals surface area contributed by atoms with Gasteiger partial charge in [-0.2, -0.15) is 5.10 Å². The normalized spacial score (nSPS) is 26.4. The molecule has 21 nitrogen and oxygen atoms in total. The van der Waals surface area contributed by atoms with Gasteiger partial charge < -0.3 is 49.8 Å². The second-order valence-electron chi connectivity index (χ2n) is 16.2. The maximum absolute atomic E-state index is 14.5. The number of nitrogens with zero attached hydrogens (tertiary/aromatic N) is 3. The summed E-state index contributed by atoms with van der Waals surface area (Å²) in [7, 11) is 1.38. The van der Waals surface area contributed by atoms with Crippen LogP contribution in [0.3, 0.4) is 0 Å². The number of anilines is 2. The number of phenols is 3. The average molecular weight is 906 g/mol. The lowest BCUT2D eigenvalue weighted by molar-refractivity contribution is -0.393. The molecular formula is C44H51N5O16. The molecule has 0 unspecified atom stereocenters. The second-order valence-corrected chi connectivity index (χ2v) is 16.2. The first kappa shape index (κ1) is 48.9. The molecule has 3 heterocycles. The first-order valence-electron chi connectivity index (χ1n) is 20.3. The van der Waals surface area contributed by atoms with E-state index in [1.54, 1.807) is 33.8 Å². The predicted molar refractivity (Wildman–Crippen MR) is 235 cm³/mol. The molecule has 21 heteroatoms. The summed E-state index contributed by atoms with van der Waals surface area (Å²) in [6.07, 6.45) is 3.63. The smallest absolute Gasteiger partial charge is 0.312 e. The van der Waals surface area contributed by atoms with Crippen molar-refractivity contribution in [3.05, 3.63) is 91.3 Å². The van der Waals surface area contributed by atoms with Crippen molar-refractivity contribution in [2.75, 3.05) is 17.9 Å². The summed E-state index contributed by atoms with van der Waals surface area (Å²) >= 11 is 0. The minimum Gasteiger partial charge on any atom is -0.507 e. The summed E-state index contributed by atoms with van der Waals surface area (Å²) in [6.45, 7) is 11.9. The number of ketones is 1. The van der Waals surface area contributed by atoms with E-state index in [4.69, 9.17) is 18.9 Å². The number of rotatable bonds is 7. The fourth-order valence-electron chi connectivity index (χ4n) is 7.92. The standard InChI is InChI=1S/C44H51N5O16/c1-19-11-10-12-20(2)43(57)46-34-27(18-45-47-28-14-13-26(48(58)59)17-29(28)49(60)61)38(54)31-32(39(34)55)37(53)24(6)41-33(31)42(56)44(8,65-41)63-16-15-30(62-9)21(3)40(64-25(7)50)23(5)36(52)22(4)35(19)51/h10-19,21-23,30,35-36,40,47,51-55H,1-9H3,(H,46,57)/t19-,21+,22-,23-,30+,35-,36-,40-,44-/m0/s1. The number of nitro groups is 2. The quantitative estimate of drug-likeness (QED) is 0.0356. The average Bonchev–Trinajstić information content (AvgIpc) is 3.52. The highest BCUT2D eigenvalue weighted by atomic mass is 16.7. The largest absolute Gasteiger partial charge is 0.507 e. The van der Waals surface area contributed by atoms with E-state index < -0.39 is 132 Å². The van der Waals surface area contributed by atoms with Crippen molar-refractivity contribution >= 4 is 57.4 Å². The summed E-state index contributed by atoms with van der Waals surface area (Å²) in [4.78, 5) is 61.9. The van der Waals surface area contributed by atoms with Gasteiger partial charge in [0.15, 0.2) is 5.75 Å². The lowest BCUT2D eigenvalue weighted by Crippen LogP contribution is -2.46. The molecule has 0 fully saturated rings. The number of nitrogens with one attached hydrogen (secondary N) is 2. The van der Waals surface area contributed by atoms with Gasteiger partial charge >= 0.3 is 17.4 Å². The van der Waals surface area contributed by atoms with Crippen molar-refractivity contribution in [3.63, 3.8) is 0 Å². The molecule has 3 aliphatic heterocycles. The number of carbonyl (C=O) groups is 3. The number of aromatic hydroxyl groups is 3. The van der Waals surface area contributed by atoms with Crippen LogP contribution in [0.1, 0.15) is 70.0 Å². The Morgan fingerprint density at radius 3 is 2.25 bits per heavy atom. The number of carbonyl (C=O) groups excluding carboxylic acids is 3. The van der Waals surface area contributed by atoms with Gasteiger partial charge in [-0.1, -0.05) is 45.9 Å². The maximum Gasteiger partial charge on any atom is 0.312 e. The number of hydrogen-bond donors (Lipinski definition) is 7. The number of nitro benzene ring substituents is 2. The summed E-state index contributed by atoms with van der Waals surface area (Å²) in [5.41, 5.74) is -0.722. The predicted octanol–water partition coefficient (Wildman–Crippen LogP) is 6.02. The molecular weight excluding hydrogens is 855 g/mol. The highest BCUT2D eigenvalue weighted by Gasteiger charge is 2.50. The molecule has 3 aromatic carbocycles. The maximum atomic E-state index is 14.5. The van der Waals surface area contributed by atoms with Gasteiger partial charge in [0.1, 0.15) is 29.0 Å². The molecule has 65 heavy (non-hydrogen) atoms. The lowest BCUT2D eigenvalue weighted by atomic mass is 9.78. The number of phenolic OH excluding ortho intramolecular Hbond substituents is 3. The number of hydrazone groups is 1. The van der Waals surface area contributed by atoms with E-state index in [0.717, 1.165) is 24.6 Å². The molecule has 3 aromatic rings. The van der Waals surface area contributed by atoms with Crippen LogP contribution in [0.25, 0.3) is 10.8 Å². The summed E-state index contributed by atoms with van der Waals surface area (Å²) in [5.74, 6) is -9.97. The fourth-order valence-corrected chi connectivity index (χ4v) is 7.92. The number of amides is 1. The van der Waals surface area contributed by atoms with Gasteiger partial charge in [0.05, 0.1) is 68.9 Å². The van der Waals surface area contributed by atoms with E-state index in [1.165, 1.54) is 53.0 Å². The lowest BCUT2D eigenvalue weighted by Gasteiger charge is -2.38. The first-order chi connectivity index (χ1) is 30.5. The van der Waals surface area contributed by atoms with Crippen LogP contribution in [-0.2, 0) is 23.8 Å². The number of fused-ring (bicyclic) bond motifs is 14. The van der Waals surface area contributed by atoms with Crippen molar-refractivity contribution in [1.29, 1.82) is 0 Å². The number of non-ortho nitro benzene ring substituents is 1. The summed E-state index contributed by atoms with van der Waals surface area (Å²) in [6, 6.07) is 2.68. The third-order valence-corrected chi connectivity index (χ3v) is 11.8. The monoisotopic (exact) mass is 905 g/mol. The van der Waals surface area contributed by atoms with Crippen molar-refractivity contribution in [2.24, 2.45) is 28.8 Å². The summed E-state index contributed by atoms with van der Waals surface area (Å²) in [5, 5.41) is 87.0. The van der Waals surface area contributed by atoms with Gasteiger partial charge in [0.2, 0.25) is 0 Å². The molecule has 1 amide bonds. The van der Waals surface area contributed by atoms with Crippen LogP contribution in [0.15, 0.2) is 59.4 Å². The third kappa shape index (κ3) is 9.57. The molecule has 0 radical (unpaired) electrons. The minimum absolute atomic E-state index is 0.0189. The van der Waals surface area contributed by atoms with Crippen molar-refractivity contribution in [2.45, 2.75) is 85.6 Å². The third-order valence-electron chi connectivity index (χ3n) is 11.8.